The summed E-state index contributed by atoms with van der Waals surface area (Å²) < 4.78 is 0. The smallest absolute Gasteiger partial charge is 0.237 e. The maximum atomic E-state index is 11.8. The summed E-state index contributed by atoms with van der Waals surface area (Å²) in [6.45, 7) is 2.17. The van der Waals surface area contributed by atoms with Gasteiger partial charge in [-0.2, -0.15) is 0 Å². The van der Waals surface area contributed by atoms with E-state index in [1.165, 1.54) is 5.56 Å². The number of hydrogen-bond acceptors (Lipinski definition) is 3. The number of likely N-dealkylation sites (N-methyl/N-ethyl adjacent to an activating group) is 1. The fourth-order valence-corrected chi connectivity index (χ4v) is 2.56. The van der Waals surface area contributed by atoms with E-state index < -0.39 is 0 Å². The van der Waals surface area contributed by atoms with Crippen LogP contribution in [0.2, 0.25) is 0 Å². The molecular formula is C16H21N3O. The molecule has 1 saturated heterocycles. The van der Waals surface area contributed by atoms with Crippen molar-refractivity contribution in [1.29, 1.82) is 0 Å². The molecule has 1 unspecified atom stereocenters. The second kappa shape index (κ2) is 7.09. The highest BCUT2D eigenvalue weighted by molar-refractivity contribution is 5.81. The van der Waals surface area contributed by atoms with Crippen LogP contribution in [0.3, 0.4) is 0 Å². The third kappa shape index (κ3) is 3.60. The molecule has 20 heavy (non-hydrogen) atoms. The molecule has 1 aliphatic heterocycles. The molecule has 2 rings (SSSR count). The summed E-state index contributed by atoms with van der Waals surface area (Å²) in [7, 11) is 1.70. The van der Waals surface area contributed by atoms with Crippen LogP contribution < -0.4 is 11.1 Å². The number of hydrogen-bond donors (Lipinski definition) is 2. The molecular weight excluding hydrogens is 250 g/mol. The van der Waals surface area contributed by atoms with Gasteiger partial charge in [0, 0.05) is 19.2 Å². The van der Waals surface area contributed by atoms with Crippen LogP contribution in [0, 0.1) is 11.8 Å². The van der Waals surface area contributed by atoms with Gasteiger partial charge in [-0.25, -0.2) is 0 Å². The van der Waals surface area contributed by atoms with E-state index in [4.69, 9.17) is 5.73 Å². The van der Waals surface area contributed by atoms with Gasteiger partial charge in [-0.15, -0.1) is 0 Å². The molecule has 1 heterocycles. The Labute approximate surface area is 120 Å². The lowest BCUT2D eigenvalue weighted by atomic mass is 10.1. The largest absolute Gasteiger partial charge is 0.358 e. The first kappa shape index (κ1) is 14.6. The summed E-state index contributed by atoms with van der Waals surface area (Å²) in [5, 5.41) is 2.74. The summed E-state index contributed by atoms with van der Waals surface area (Å²) in [6.07, 6.45) is 2.03. The second-order valence-corrected chi connectivity index (χ2v) is 4.95. The highest BCUT2D eigenvalue weighted by atomic mass is 16.2. The minimum Gasteiger partial charge on any atom is -0.358 e. The van der Waals surface area contributed by atoms with Gasteiger partial charge in [-0.1, -0.05) is 24.0 Å². The molecule has 0 radical (unpaired) electrons. The SMILES string of the molecule is CNC(=O)C1CCCN1Cc1ccc(C#CCN)cc1. The van der Waals surface area contributed by atoms with Gasteiger partial charge in [-0.3, -0.25) is 9.69 Å². The third-order valence-electron chi connectivity index (χ3n) is 3.59. The number of benzene rings is 1. The molecule has 0 spiro atoms. The lowest BCUT2D eigenvalue weighted by Gasteiger charge is -2.23. The highest BCUT2D eigenvalue weighted by Gasteiger charge is 2.29. The highest BCUT2D eigenvalue weighted by Crippen LogP contribution is 2.20. The Morgan fingerprint density at radius 2 is 2.20 bits per heavy atom. The number of nitrogens with zero attached hydrogens (tertiary/aromatic N) is 1. The van der Waals surface area contributed by atoms with E-state index in [-0.39, 0.29) is 11.9 Å². The average molecular weight is 271 g/mol. The van der Waals surface area contributed by atoms with Crippen molar-refractivity contribution in [2.75, 3.05) is 20.1 Å². The predicted octanol–water partition coefficient (Wildman–Crippen LogP) is 0.707. The number of amides is 1. The predicted molar refractivity (Wildman–Crippen MR) is 79.9 cm³/mol. The number of carbonyl (C=O) groups excluding carboxylic acids is 1. The van der Waals surface area contributed by atoms with Crippen molar-refractivity contribution in [3.63, 3.8) is 0 Å². The Morgan fingerprint density at radius 3 is 2.85 bits per heavy atom. The molecule has 0 aliphatic carbocycles. The first-order valence-electron chi connectivity index (χ1n) is 6.98. The normalized spacial score (nSPS) is 18.4. The van der Waals surface area contributed by atoms with Gasteiger partial charge in [-0.05, 0) is 37.1 Å². The lowest BCUT2D eigenvalue weighted by molar-refractivity contribution is -0.125. The van der Waals surface area contributed by atoms with Gasteiger partial charge >= 0.3 is 0 Å². The van der Waals surface area contributed by atoms with Gasteiger partial charge in [0.2, 0.25) is 5.91 Å². The zero-order valence-corrected chi connectivity index (χ0v) is 11.9. The Morgan fingerprint density at radius 1 is 1.45 bits per heavy atom. The molecule has 1 aromatic rings. The number of nitrogens with one attached hydrogen (secondary N) is 1. The van der Waals surface area contributed by atoms with Crippen molar-refractivity contribution in [2.45, 2.75) is 25.4 Å². The van der Waals surface area contributed by atoms with E-state index in [9.17, 15) is 4.79 Å². The molecule has 1 aromatic carbocycles. The standard InChI is InChI=1S/C16H21N3O/c1-18-16(20)15-5-3-11-19(15)12-14-8-6-13(7-9-14)4-2-10-17/h6-9,15H,3,5,10-12,17H2,1H3,(H,18,20). The number of carbonyl (C=O) groups is 1. The fourth-order valence-electron chi connectivity index (χ4n) is 2.56. The van der Waals surface area contributed by atoms with E-state index in [0.29, 0.717) is 6.54 Å². The minimum atomic E-state index is 0.0108. The van der Waals surface area contributed by atoms with Gasteiger partial charge < -0.3 is 11.1 Å². The van der Waals surface area contributed by atoms with E-state index in [1.54, 1.807) is 7.05 Å². The molecule has 1 aliphatic rings. The molecule has 4 heteroatoms. The maximum Gasteiger partial charge on any atom is 0.237 e. The average Bonchev–Trinajstić information content (AvgIpc) is 2.94. The first-order valence-corrected chi connectivity index (χ1v) is 6.98. The van der Waals surface area contributed by atoms with E-state index in [0.717, 1.165) is 31.5 Å². The van der Waals surface area contributed by atoms with Crippen molar-refractivity contribution >= 4 is 5.91 Å². The van der Waals surface area contributed by atoms with Crippen LogP contribution in [-0.4, -0.2) is 37.0 Å². The molecule has 1 atom stereocenters. The topological polar surface area (TPSA) is 58.4 Å². The van der Waals surface area contributed by atoms with Crippen LogP contribution in [0.4, 0.5) is 0 Å². The summed E-state index contributed by atoms with van der Waals surface area (Å²) in [5.41, 5.74) is 7.54. The number of likely N-dealkylation sites (tertiary alicyclic amines) is 1. The van der Waals surface area contributed by atoms with Crippen LogP contribution in [0.15, 0.2) is 24.3 Å². The van der Waals surface area contributed by atoms with Crippen molar-refractivity contribution in [3.8, 4) is 11.8 Å². The van der Waals surface area contributed by atoms with Gasteiger partial charge in [0.1, 0.15) is 0 Å². The molecule has 0 bridgehead atoms. The van der Waals surface area contributed by atoms with Crippen LogP contribution in [-0.2, 0) is 11.3 Å². The van der Waals surface area contributed by atoms with Crippen molar-refractivity contribution in [3.05, 3.63) is 35.4 Å². The van der Waals surface area contributed by atoms with Crippen molar-refractivity contribution in [2.24, 2.45) is 5.73 Å². The fraction of sp³-hybridized carbons (Fsp3) is 0.438. The zero-order valence-electron chi connectivity index (χ0n) is 11.9. The summed E-state index contributed by atoms with van der Waals surface area (Å²) >= 11 is 0. The van der Waals surface area contributed by atoms with E-state index in [1.807, 2.05) is 12.1 Å². The lowest BCUT2D eigenvalue weighted by Crippen LogP contribution is -2.41. The van der Waals surface area contributed by atoms with Gasteiger partial charge in [0.05, 0.1) is 12.6 Å². The third-order valence-corrected chi connectivity index (χ3v) is 3.59. The minimum absolute atomic E-state index is 0.0108. The number of rotatable bonds is 3. The van der Waals surface area contributed by atoms with Gasteiger partial charge in [0.15, 0.2) is 0 Å². The Kier molecular flexibility index (Phi) is 5.16. The molecule has 4 nitrogen and oxygen atoms in total. The van der Waals surface area contributed by atoms with Crippen molar-refractivity contribution in [1.82, 2.24) is 10.2 Å². The number of nitrogens with two attached hydrogens (primary N) is 1. The Bertz CT molecular complexity index is 513. The molecule has 1 amide bonds. The van der Waals surface area contributed by atoms with Crippen LogP contribution in [0.1, 0.15) is 24.0 Å². The quantitative estimate of drug-likeness (QED) is 0.796. The zero-order chi connectivity index (χ0) is 14.4. The second-order valence-electron chi connectivity index (χ2n) is 4.95. The van der Waals surface area contributed by atoms with E-state index in [2.05, 4.69) is 34.2 Å². The van der Waals surface area contributed by atoms with Crippen LogP contribution in [0.5, 0.6) is 0 Å². The van der Waals surface area contributed by atoms with E-state index >= 15 is 0 Å². The molecule has 3 N–H and O–H groups in total. The maximum absolute atomic E-state index is 11.8. The Hall–Kier alpha value is -1.83. The van der Waals surface area contributed by atoms with Crippen molar-refractivity contribution < 1.29 is 4.79 Å². The monoisotopic (exact) mass is 271 g/mol. The summed E-state index contributed by atoms with van der Waals surface area (Å²) in [6, 6.07) is 8.16. The molecule has 0 saturated carbocycles. The first-order chi connectivity index (χ1) is 9.74. The molecule has 0 aromatic heterocycles. The summed E-state index contributed by atoms with van der Waals surface area (Å²) in [5.74, 6) is 5.97. The van der Waals surface area contributed by atoms with Crippen LogP contribution in [0.25, 0.3) is 0 Å². The summed E-state index contributed by atoms with van der Waals surface area (Å²) in [4.78, 5) is 14.0. The Balaban J connectivity index is 2.00. The van der Waals surface area contributed by atoms with Crippen LogP contribution >= 0.6 is 0 Å². The molecule has 106 valence electrons. The molecule has 1 fully saturated rings. The van der Waals surface area contributed by atoms with Gasteiger partial charge in [0.25, 0.3) is 0 Å².